The molecule has 0 aromatic rings. The Labute approximate surface area is 379 Å². The minimum absolute atomic E-state index is 0.0221. The van der Waals surface area contributed by atoms with Gasteiger partial charge in [0.05, 0.1) is 5.41 Å². The van der Waals surface area contributed by atoms with Crippen molar-refractivity contribution in [2.45, 2.75) is 271 Å². The first-order chi connectivity index (χ1) is 29.8. The van der Waals surface area contributed by atoms with Crippen LogP contribution in [0.25, 0.3) is 0 Å². The van der Waals surface area contributed by atoms with Crippen LogP contribution in [0.1, 0.15) is 259 Å². The summed E-state index contributed by atoms with van der Waals surface area (Å²) in [5.74, 6) is 0.278. The largest absolute Gasteiger partial charge is 0.462 e. The van der Waals surface area contributed by atoms with Crippen LogP contribution < -0.4 is 0 Å². The second-order valence-corrected chi connectivity index (χ2v) is 19.9. The van der Waals surface area contributed by atoms with Crippen LogP contribution in [0.2, 0.25) is 0 Å². The maximum Gasteiger partial charge on any atom is 0.313 e. The summed E-state index contributed by atoms with van der Waals surface area (Å²) >= 11 is 0. The first-order valence-electron chi connectivity index (χ1n) is 26.9. The Morgan fingerprint density at radius 2 is 1.07 bits per heavy atom. The zero-order valence-corrected chi connectivity index (χ0v) is 41.2. The van der Waals surface area contributed by atoms with Crippen molar-refractivity contribution >= 4 is 11.9 Å². The maximum absolute atomic E-state index is 13.7. The van der Waals surface area contributed by atoms with Gasteiger partial charge in [0.1, 0.15) is 12.2 Å². The zero-order chi connectivity index (χ0) is 44.1. The standard InChI is InChI=1S/C56H101NO4/c1-6-9-12-14-16-18-20-22-24-26-28-30-32-34-36-39-41-51(42-40-37-35-33-31-29-27-25-23-21-19-17-15-13-10-7-2)60-54(58)48-50-44-45-53(52(50)43-38-11-8-3)61-55(59)56(4)46-47-57(5)49-56/h11,22-25,38,50-53H,6-10,12-21,26-37,39-49H2,1-5H3/b24-22-,25-23-,38-11-. The predicted molar refractivity (Wildman–Crippen MR) is 263 cm³/mol. The number of carbonyl (C=O) groups excluding carboxylic acids is 2. The molecule has 4 atom stereocenters. The third-order valence-corrected chi connectivity index (χ3v) is 13.9. The third-order valence-electron chi connectivity index (χ3n) is 13.9. The van der Waals surface area contributed by atoms with Crippen molar-refractivity contribution in [3.63, 3.8) is 0 Å². The van der Waals surface area contributed by atoms with Gasteiger partial charge >= 0.3 is 11.9 Å². The molecule has 0 amide bonds. The molecule has 1 saturated heterocycles. The van der Waals surface area contributed by atoms with E-state index in [2.05, 4.69) is 76.1 Å². The first kappa shape index (κ1) is 55.3. The summed E-state index contributed by atoms with van der Waals surface area (Å²) in [4.78, 5) is 29.3. The van der Waals surface area contributed by atoms with Gasteiger partial charge in [-0.1, -0.05) is 173 Å². The van der Waals surface area contributed by atoms with Crippen molar-refractivity contribution in [2.24, 2.45) is 17.3 Å². The quantitative estimate of drug-likeness (QED) is 0.0349. The second-order valence-electron chi connectivity index (χ2n) is 19.9. The van der Waals surface area contributed by atoms with E-state index in [0.29, 0.717) is 6.42 Å². The summed E-state index contributed by atoms with van der Waals surface area (Å²) in [7, 11) is 2.08. The van der Waals surface area contributed by atoms with Crippen molar-refractivity contribution < 1.29 is 19.1 Å². The van der Waals surface area contributed by atoms with Crippen LogP contribution in [0, 0.1) is 17.3 Å². The molecular formula is C56H101NO4. The van der Waals surface area contributed by atoms with E-state index >= 15 is 0 Å². The molecule has 0 bridgehead atoms. The Hall–Kier alpha value is -1.88. The summed E-state index contributed by atoms with van der Waals surface area (Å²) in [6.45, 7) is 10.5. The Morgan fingerprint density at radius 3 is 1.51 bits per heavy atom. The van der Waals surface area contributed by atoms with Gasteiger partial charge in [0, 0.05) is 18.9 Å². The number of carbonyl (C=O) groups is 2. The number of likely N-dealkylation sites (tertiary alicyclic amines) is 1. The first-order valence-corrected chi connectivity index (χ1v) is 26.9. The van der Waals surface area contributed by atoms with E-state index in [0.717, 1.165) is 70.9 Å². The Morgan fingerprint density at radius 1 is 0.607 bits per heavy atom. The van der Waals surface area contributed by atoms with Gasteiger partial charge < -0.3 is 14.4 Å². The van der Waals surface area contributed by atoms with Crippen LogP contribution in [0.3, 0.4) is 0 Å². The van der Waals surface area contributed by atoms with E-state index < -0.39 is 5.41 Å². The number of ether oxygens (including phenoxy) is 2. The van der Waals surface area contributed by atoms with Gasteiger partial charge in [-0.15, -0.1) is 0 Å². The molecule has 0 spiro atoms. The average molecular weight is 852 g/mol. The Kier molecular flexibility index (Phi) is 34.0. The van der Waals surface area contributed by atoms with Gasteiger partial charge in [0.25, 0.3) is 0 Å². The number of allylic oxidation sites excluding steroid dienone is 6. The molecule has 0 radical (unpaired) electrons. The lowest BCUT2D eigenvalue weighted by Crippen LogP contribution is -2.36. The minimum Gasteiger partial charge on any atom is -0.462 e. The highest BCUT2D eigenvalue weighted by atomic mass is 16.5. The molecule has 5 heteroatoms. The molecular weight excluding hydrogens is 751 g/mol. The fourth-order valence-electron chi connectivity index (χ4n) is 9.86. The van der Waals surface area contributed by atoms with E-state index in [-0.39, 0.29) is 36.0 Å². The Bertz CT molecular complexity index is 1100. The molecule has 0 aromatic heterocycles. The predicted octanol–water partition coefficient (Wildman–Crippen LogP) is 16.8. The normalized spacial score (nSPS) is 21.0. The summed E-state index contributed by atoms with van der Waals surface area (Å²) in [6, 6.07) is 0. The molecule has 61 heavy (non-hydrogen) atoms. The average Bonchev–Trinajstić information content (AvgIpc) is 3.80. The van der Waals surface area contributed by atoms with Crippen molar-refractivity contribution in [3.05, 3.63) is 36.5 Å². The molecule has 2 aliphatic rings. The van der Waals surface area contributed by atoms with Crippen LogP contribution in [0.15, 0.2) is 36.5 Å². The van der Waals surface area contributed by atoms with E-state index in [1.165, 1.54) is 167 Å². The molecule has 354 valence electrons. The lowest BCUT2D eigenvalue weighted by Gasteiger charge is -2.28. The number of unbranched alkanes of at least 4 members (excludes halogenated alkanes) is 24. The minimum atomic E-state index is -0.434. The maximum atomic E-state index is 13.7. The van der Waals surface area contributed by atoms with E-state index in [9.17, 15) is 9.59 Å². The van der Waals surface area contributed by atoms with Gasteiger partial charge in [0.2, 0.25) is 0 Å². The highest BCUT2D eigenvalue weighted by Gasteiger charge is 2.45. The Balaban J connectivity index is 1.77. The van der Waals surface area contributed by atoms with E-state index in [1.54, 1.807) is 0 Å². The van der Waals surface area contributed by atoms with E-state index in [1.807, 2.05) is 0 Å². The van der Waals surface area contributed by atoms with Gasteiger partial charge in [-0.2, -0.15) is 0 Å². The molecule has 2 rings (SSSR count). The molecule has 0 N–H and O–H groups in total. The fourth-order valence-corrected chi connectivity index (χ4v) is 9.86. The molecule has 1 aliphatic heterocycles. The third kappa shape index (κ3) is 27.8. The van der Waals surface area contributed by atoms with Gasteiger partial charge in [-0.3, -0.25) is 9.59 Å². The van der Waals surface area contributed by atoms with Crippen molar-refractivity contribution in [1.29, 1.82) is 0 Å². The molecule has 5 nitrogen and oxygen atoms in total. The summed E-state index contributed by atoms with van der Waals surface area (Å²) in [5.41, 5.74) is -0.434. The SMILES string of the molecule is CC/C=C\CC1C(CC(=O)OC(CCCCCCCC/C=C\CCCCCCCC)CCCCCCCC/C=C\CCCCCCCC)CCC1OC(=O)C1(C)CCN(C)C1. The highest BCUT2D eigenvalue weighted by molar-refractivity contribution is 5.77. The van der Waals surface area contributed by atoms with Gasteiger partial charge in [-0.25, -0.2) is 0 Å². The van der Waals surface area contributed by atoms with Gasteiger partial charge in [0.15, 0.2) is 0 Å². The van der Waals surface area contributed by atoms with Crippen LogP contribution in [-0.2, 0) is 19.1 Å². The number of nitrogens with zero attached hydrogens (tertiary/aromatic N) is 1. The summed E-state index contributed by atoms with van der Waals surface area (Å²) in [5, 5.41) is 0. The smallest absolute Gasteiger partial charge is 0.313 e. The number of hydrogen-bond donors (Lipinski definition) is 0. The molecule has 1 aliphatic carbocycles. The monoisotopic (exact) mass is 852 g/mol. The van der Waals surface area contributed by atoms with Crippen molar-refractivity contribution in [1.82, 2.24) is 4.90 Å². The van der Waals surface area contributed by atoms with Crippen LogP contribution in [0.5, 0.6) is 0 Å². The lowest BCUT2D eigenvalue weighted by atomic mass is 9.87. The second kappa shape index (κ2) is 37.5. The highest BCUT2D eigenvalue weighted by Crippen LogP contribution is 2.41. The zero-order valence-electron chi connectivity index (χ0n) is 41.2. The van der Waals surface area contributed by atoms with Crippen molar-refractivity contribution in [3.8, 4) is 0 Å². The lowest BCUT2D eigenvalue weighted by molar-refractivity contribution is -0.162. The van der Waals surface area contributed by atoms with Gasteiger partial charge in [-0.05, 0) is 136 Å². The number of rotatable bonds is 40. The fraction of sp³-hybridized carbons (Fsp3) is 0.857. The number of hydrogen-bond acceptors (Lipinski definition) is 5. The topological polar surface area (TPSA) is 55.8 Å². The molecule has 2 fully saturated rings. The molecule has 0 aromatic carbocycles. The molecule has 4 unspecified atom stereocenters. The number of esters is 2. The van der Waals surface area contributed by atoms with E-state index in [4.69, 9.17) is 9.47 Å². The van der Waals surface area contributed by atoms with Crippen LogP contribution in [-0.4, -0.2) is 49.2 Å². The van der Waals surface area contributed by atoms with Crippen LogP contribution >= 0.6 is 0 Å². The van der Waals surface area contributed by atoms with Crippen LogP contribution in [0.4, 0.5) is 0 Å². The molecule has 1 saturated carbocycles. The summed E-state index contributed by atoms with van der Waals surface area (Å²) < 4.78 is 12.7. The van der Waals surface area contributed by atoms with Crippen molar-refractivity contribution in [2.75, 3.05) is 20.1 Å². The molecule has 1 heterocycles. The summed E-state index contributed by atoms with van der Waals surface area (Å²) in [6.07, 6.45) is 57.5.